The van der Waals surface area contributed by atoms with Crippen LogP contribution in [0, 0.1) is 0 Å². The first-order chi connectivity index (χ1) is 12.6. The summed E-state index contributed by atoms with van der Waals surface area (Å²) in [4.78, 5) is 18.4. The van der Waals surface area contributed by atoms with Crippen LogP contribution in [-0.2, 0) is 0 Å². The predicted molar refractivity (Wildman–Crippen MR) is 108 cm³/mol. The van der Waals surface area contributed by atoms with Crippen LogP contribution in [0.25, 0.3) is 22.2 Å². The van der Waals surface area contributed by atoms with Gasteiger partial charge in [-0.15, -0.1) is 23.2 Å². The second-order valence-electron chi connectivity index (χ2n) is 5.79. The fourth-order valence-electron chi connectivity index (χ4n) is 2.92. The number of rotatable bonds is 7. The second-order valence-corrected chi connectivity index (χ2v) is 6.55. The van der Waals surface area contributed by atoms with Crippen LogP contribution in [0.4, 0.5) is 5.69 Å². The molecule has 2 aromatic carbocycles. The summed E-state index contributed by atoms with van der Waals surface area (Å²) in [7, 11) is 0. The van der Waals surface area contributed by atoms with E-state index in [0.717, 1.165) is 11.3 Å². The highest BCUT2D eigenvalue weighted by Gasteiger charge is 2.13. The molecule has 0 spiro atoms. The van der Waals surface area contributed by atoms with E-state index in [-0.39, 0.29) is 5.56 Å². The van der Waals surface area contributed by atoms with Crippen molar-refractivity contribution in [2.45, 2.75) is 0 Å². The second kappa shape index (κ2) is 8.39. The van der Waals surface area contributed by atoms with Gasteiger partial charge in [-0.05, 0) is 24.3 Å². The number of hydrogen-bond donors (Lipinski definition) is 1. The van der Waals surface area contributed by atoms with E-state index >= 15 is 0 Å². The van der Waals surface area contributed by atoms with Crippen molar-refractivity contribution in [3.05, 3.63) is 60.2 Å². The fraction of sp³-hybridized carbons (Fsp3) is 0.200. The van der Waals surface area contributed by atoms with Gasteiger partial charge in [0.1, 0.15) is 0 Å². The third-order valence-corrected chi connectivity index (χ3v) is 4.52. The van der Waals surface area contributed by atoms with Crippen LogP contribution in [0.15, 0.2) is 54.6 Å². The smallest absolute Gasteiger partial charge is 0.336 e. The Balaban J connectivity index is 2.00. The van der Waals surface area contributed by atoms with Crippen molar-refractivity contribution >= 4 is 45.8 Å². The number of anilines is 1. The van der Waals surface area contributed by atoms with Gasteiger partial charge in [-0.1, -0.05) is 30.3 Å². The monoisotopic (exact) mass is 388 g/mol. The highest BCUT2D eigenvalue weighted by atomic mass is 35.5. The van der Waals surface area contributed by atoms with Gasteiger partial charge in [0.15, 0.2) is 0 Å². The number of carbonyl (C=O) groups is 1. The van der Waals surface area contributed by atoms with Crippen molar-refractivity contribution in [2.75, 3.05) is 29.7 Å². The summed E-state index contributed by atoms with van der Waals surface area (Å²) in [6.07, 6.45) is 0. The summed E-state index contributed by atoms with van der Waals surface area (Å²) < 4.78 is 0. The number of carboxylic acid groups (broad SMARTS) is 1. The van der Waals surface area contributed by atoms with Crippen LogP contribution >= 0.6 is 23.2 Å². The average molecular weight is 389 g/mol. The number of carboxylic acids is 1. The van der Waals surface area contributed by atoms with Crippen molar-refractivity contribution < 1.29 is 9.90 Å². The number of pyridine rings is 1. The average Bonchev–Trinajstić information content (AvgIpc) is 2.67. The van der Waals surface area contributed by atoms with Crippen LogP contribution in [0.5, 0.6) is 0 Å². The molecule has 3 rings (SSSR count). The molecule has 0 aliphatic heterocycles. The molecule has 3 aromatic rings. The molecule has 0 unspecified atom stereocenters. The molecule has 0 bridgehead atoms. The number of halogens is 2. The molecule has 0 atom stereocenters. The molecule has 1 heterocycles. The highest BCUT2D eigenvalue weighted by molar-refractivity contribution is 6.18. The van der Waals surface area contributed by atoms with Crippen molar-refractivity contribution in [2.24, 2.45) is 0 Å². The van der Waals surface area contributed by atoms with Crippen LogP contribution in [-0.4, -0.2) is 40.9 Å². The molecule has 6 heteroatoms. The van der Waals surface area contributed by atoms with Crippen LogP contribution < -0.4 is 4.90 Å². The molecule has 4 nitrogen and oxygen atoms in total. The topological polar surface area (TPSA) is 53.4 Å². The number of para-hydroxylation sites is 1. The van der Waals surface area contributed by atoms with Gasteiger partial charge in [-0.3, -0.25) is 0 Å². The predicted octanol–water partition coefficient (Wildman–Crippen LogP) is 4.88. The van der Waals surface area contributed by atoms with Crippen LogP contribution in [0.2, 0.25) is 0 Å². The number of aromatic nitrogens is 1. The minimum Gasteiger partial charge on any atom is -0.478 e. The van der Waals surface area contributed by atoms with Gasteiger partial charge in [0, 0.05) is 41.5 Å². The SMILES string of the molecule is O=C(O)c1cc(-c2ccc(N(CCCl)CCCl)cc2)nc2ccccc12. The molecule has 1 aromatic heterocycles. The Bertz CT molecular complexity index is 907. The van der Waals surface area contributed by atoms with Gasteiger partial charge in [-0.2, -0.15) is 0 Å². The van der Waals surface area contributed by atoms with Gasteiger partial charge in [-0.25, -0.2) is 9.78 Å². The first-order valence-electron chi connectivity index (χ1n) is 8.24. The van der Waals surface area contributed by atoms with Crippen LogP contribution in [0.1, 0.15) is 10.4 Å². The molecule has 1 N–H and O–H groups in total. The first-order valence-corrected chi connectivity index (χ1v) is 9.31. The lowest BCUT2D eigenvalue weighted by Crippen LogP contribution is -2.27. The Morgan fingerprint density at radius 1 is 1.00 bits per heavy atom. The lowest BCUT2D eigenvalue weighted by molar-refractivity contribution is 0.0699. The number of hydrogen-bond acceptors (Lipinski definition) is 3. The molecule has 0 saturated carbocycles. The van der Waals surface area contributed by atoms with Gasteiger partial charge in [0.25, 0.3) is 0 Å². The maximum Gasteiger partial charge on any atom is 0.336 e. The quantitative estimate of drug-likeness (QED) is 0.585. The Labute approximate surface area is 162 Å². The number of nitrogens with zero attached hydrogens (tertiary/aromatic N) is 2. The minimum absolute atomic E-state index is 0.251. The summed E-state index contributed by atoms with van der Waals surface area (Å²) in [6, 6.07) is 16.7. The maximum absolute atomic E-state index is 11.6. The highest BCUT2D eigenvalue weighted by Crippen LogP contribution is 2.26. The number of alkyl halides is 2. The summed E-state index contributed by atoms with van der Waals surface area (Å²) in [5, 5.41) is 10.2. The molecule has 0 aliphatic carbocycles. The molecule has 0 amide bonds. The van der Waals surface area contributed by atoms with Gasteiger partial charge in [0.05, 0.1) is 16.8 Å². The van der Waals surface area contributed by atoms with E-state index in [1.54, 1.807) is 12.1 Å². The normalized spacial score (nSPS) is 10.8. The third kappa shape index (κ3) is 3.92. The Hall–Kier alpha value is -2.30. The molecule has 0 saturated heterocycles. The van der Waals surface area contributed by atoms with Crippen molar-refractivity contribution in [1.82, 2.24) is 4.98 Å². The van der Waals surface area contributed by atoms with E-state index in [2.05, 4.69) is 9.88 Å². The zero-order valence-corrected chi connectivity index (χ0v) is 15.5. The molecule has 26 heavy (non-hydrogen) atoms. The largest absolute Gasteiger partial charge is 0.478 e. The summed E-state index contributed by atoms with van der Waals surface area (Å²) >= 11 is 11.7. The zero-order chi connectivity index (χ0) is 18.5. The standard InChI is InChI=1S/C20H18Cl2N2O2/c21-9-11-24(12-10-22)15-7-5-14(6-8-15)19-13-17(20(25)26)16-3-1-2-4-18(16)23-19/h1-8,13H,9-12H2,(H,25,26). The maximum atomic E-state index is 11.6. The van der Waals surface area contributed by atoms with Crippen LogP contribution in [0.3, 0.4) is 0 Å². The zero-order valence-electron chi connectivity index (χ0n) is 14.0. The lowest BCUT2D eigenvalue weighted by atomic mass is 10.0. The van der Waals surface area contributed by atoms with E-state index in [9.17, 15) is 9.90 Å². The number of aromatic carboxylic acids is 1. The van der Waals surface area contributed by atoms with E-state index < -0.39 is 5.97 Å². The van der Waals surface area contributed by atoms with Crippen molar-refractivity contribution in [3.63, 3.8) is 0 Å². The van der Waals surface area contributed by atoms with Gasteiger partial charge in [0.2, 0.25) is 0 Å². The summed E-state index contributed by atoms with van der Waals surface area (Å²) in [5.41, 5.74) is 3.43. The number of fused-ring (bicyclic) bond motifs is 1. The molecule has 0 fully saturated rings. The van der Waals surface area contributed by atoms with E-state index in [1.807, 2.05) is 42.5 Å². The Morgan fingerprint density at radius 3 is 2.27 bits per heavy atom. The van der Waals surface area contributed by atoms with E-state index in [0.29, 0.717) is 41.4 Å². The summed E-state index contributed by atoms with van der Waals surface area (Å²) in [5.74, 6) is 0.0801. The van der Waals surface area contributed by atoms with Crippen molar-refractivity contribution in [3.8, 4) is 11.3 Å². The molecule has 0 aliphatic rings. The van der Waals surface area contributed by atoms with Crippen molar-refractivity contribution in [1.29, 1.82) is 0 Å². The number of benzene rings is 2. The van der Waals surface area contributed by atoms with Gasteiger partial charge < -0.3 is 10.0 Å². The van der Waals surface area contributed by atoms with Gasteiger partial charge >= 0.3 is 5.97 Å². The fourth-order valence-corrected chi connectivity index (χ4v) is 3.33. The first kappa shape index (κ1) is 18.5. The lowest BCUT2D eigenvalue weighted by Gasteiger charge is -2.23. The molecule has 0 radical (unpaired) electrons. The van der Waals surface area contributed by atoms with E-state index in [1.165, 1.54) is 0 Å². The molecule has 134 valence electrons. The minimum atomic E-state index is -0.961. The Kier molecular flexibility index (Phi) is 5.96. The molecular formula is C20H18Cl2N2O2. The van der Waals surface area contributed by atoms with E-state index in [4.69, 9.17) is 23.2 Å². The molecular weight excluding hydrogens is 371 g/mol. The summed E-state index contributed by atoms with van der Waals surface area (Å²) in [6.45, 7) is 1.43. The Morgan fingerprint density at radius 2 is 1.65 bits per heavy atom. The third-order valence-electron chi connectivity index (χ3n) is 4.18.